The molecule has 2 aromatic carbocycles. The quantitative estimate of drug-likeness (QED) is 0.771. The van der Waals surface area contributed by atoms with E-state index in [0.717, 1.165) is 22.4 Å². The van der Waals surface area contributed by atoms with Crippen LogP contribution in [-0.4, -0.2) is 21.4 Å². The van der Waals surface area contributed by atoms with Crippen LogP contribution in [0.15, 0.2) is 42.5 Å². The van der Waals surface area contributed by atoms with Crippen LogP contribution in [0.5, 0.6) is 0 Å². The van der Waals surface area contributed by atoms with Crippen molar-refractivity contribution in [1.82, 2.24) is 9.55 Å². The summed E-state index contributed by atoms with van der Waals surface area (Å²) in [6.07, 6.45) is 0.184. The van der Waals surface area contributed by atoms with Gasteiger partial charge < -0.3 is 15.6 Å². The zero-order valence-electron chi connectivity index (χ0n) is 13.5. The van der Waals surface area contributed by atoms with E-state index in [1.165, 1.54) is 0 Å². The number of nitrogens with two attached hydrogens (primary N) is 1. The van der Waals surface area contributed by atoms with Gasteiger partial charge in [0.25, 0.3) is 5.91 Å². The average Bonchev–Trinajstić information content (AvgIpc) is 2.83. The first-order valence-corrected chi connectivity index (χ1v) is 7.56. The Balaban J connectivity index is 1.78. The van der Waals surface area contributed by atoms with E-state index >= 15 is 0 Å². The first-order valence-electron chi connectivity index (χ1n) is 7.56. The molecule has 0 saturated carbocycles. The van der Waals surface area contributed by atoms with Gasteiger partial charge in [-0.25, -0.2) is 4.98 Å². The predicted molar refractivity (Wildman–Crippen MR) is 92.7 cm³/mol. The lowest BCUT2D eigenvalue weighted by atomic mass is 10.1. The van der Waals surface area contributed by atoms with Crippen LogP contribution in [-0.2, 0) is 18.3 Å². The number of fused-ring (bicyclic) bond motifs is 1. The van der Waals surface area contributed by atoms with Gasteiger partial charge in [-0.05, 0) is 42.8 Å². The summed E-state index contributed by atoms with van der Waals surface area (Å²) < 4.78 is 1.98. The number of nitrogens with zero attached hydrogens (tertiary/aromatic N) is 2. The highest BCUT2D eigenvalue weighted by molar-refractivity contribution is 6.06. The lowest BCUT2D eigenvalue weighted by molar-refractivity contribution is -0.117. The molecule has 0 radical (unpaired) electrons. The first-order chi connectivity index (χ1) is 11.4. The van der Waals surface area contributed by atoms with Crippen LogP contribution in [0, 0.1) is 6.92 Å². The third-order valence-corrected chi connectivity index (χ3v) is 3.96. The number of nitrogens with one attached hydrogen (secondary N) is 1. The van der Waals surface area contributed by atoms with Gasteiger partial charge >= 0.3 is 0 Å². The van der Waals surface area contributed by atoms with Gasteiger partial charge in [0.2, 0.25) is 5.91 Å². The van der Waals surface area contributed by atoms with E-state index in [2.05, 4.69) is 10.3 Å². The van der Waals surface area contributed by atoms with Crippen molar-refractivity contribution in [3.8, 4) is 0 Å². The molecule has 0 aliphatic heterocycles. The Morgan fingerprint density at radius 3 is 2.54 bits per heavy atom. The molecule has 0 atom stereocenters. The number of carbonyl (C=O) groups is 2. The van der Waals surface area contributed by atoms with E-state index in [-0.39, 0.29) is 18.2 Å². The Morgan fingerprint density at radius 1 is 1.17 bits per heavy atom. The van der Waals surface area contributed by atoms with Crippen molar-refractivity contribution in [2.45, 2.75) is 13.3 Å². The second kappa shape index (κ2) is 6.16. The number of primary amides is 1. The normalized spacial score (nSPS) is 10.8. The van der Waals surface area contributed by atoms with Crippen LogP contribution >= 0.6 is 0 Å². The average molecular weight is 322 g/mol. The Labute approximate surface area is 139 Å². The molecule has 1 heterocycles. The van der Waals surface area contributed by atoms with Gasteiger partial charge in [-0.3, -0.25) is 9.59 Å². The second-order valence-corrected chi connectivity index (χ2v) is 5.72. The standard InChI is InChI=1S/C18H18N4O2/c1-11-20-15-10-13(5-8-16(15)22(11)2)18(24)21-14-6-3-12(4-7-14)9-17(19)23/h3-8,10H,9H2,1-2H3,(H2,19,23)(H,21,24). The van der Waals surface area contributed by atoms with Crippen LogP contribution in [0.3, 0.4) is 0 Å². The summed E-state index contributed by atoms with van der Waals surface area (Å²) in [5.74, 6) is 0.307. The highest BCUT2D eigenvalue weighted by Gasteiger charge is 2.10. The molecule has 0 spiro atoms. The van der Waals surface area contributed by atoms with Crippen LogP contribution < -0.4 is 11.1 Å². The van der Waals surface area contributed by atoms with Gasteiger partial charge in [0, 0.05) is 18.3 Å². The molecule has 0 unspecified atom stereocenters. The number of aryl methyl sites for hydroxylation is 2. The van der Waals surface area contributed by atoms with E-state index in [1.807, 2.05) is 24.6 Å². The van der Waals surface area contributed by atoms with Crippen molar-refractivity contribution in [2.24, 2.45) is 12.8 Å². The molecular formula is C18H18N4O2. The van der Waals surface area contributed by atoms with Crippen molar-refractivity contribution >= 4 is 28.5 Å². The van der Waals surface area contributed by atoms with Gasteiger partial charge in [-0.15, -0.1) is 0 Å². The minimum atomic E-state index is -0.384. The van der Waals surface area contributed by atoms with Gasteiger partial charge in [-0.2, -0.15) is 0 Å². The number of hydrogen-bond donors (Lipinski definition) is 2. The highest BCUT2D eigenvalue weighted by Crippen LogP contribution is 2.18. The van der Waals surface area contributed by atoms with Crippen molar-refractivity contribution in [2.75, 3.05) is 5.32 Å². The molecule has 0 saturated heterocycles. The Morgan fingerprint density at radius 2 is 1.88 bits per heavy atom. The molecule has 1 aromatic heterocycles. The SMILES string of the molecule is Cc1nc2cc(C(=O)Nc3ccc(CC(N)=O)cc3)ccc2n1C. The molecule has 0 bridgehead atoms. The van der Waals surface area contributed by atoms with E-state index < -0.39 is 0 Å². The summed E-state index contributed by atoms with van der Waals surface area (Å²) >= 11 is 0. The fraction of sp³-hybridized carbons (Fsp3) is 0.167. The summed E-state index contributed by atoms with van der Waals surface area (Å²) in [5.41, 5.74) is 8.95. The smallest absolute Gasteiger partial charge is 0.255 e. The maximum Gasteiger partial charge on any atom is 0.255 e. The fourth-order valence-electron chi connectivity index (χ4n) is 2.57. The molecular weight excluding hydrogens is 304 g/mol. The second-order valence-electron chi connectivity index (χ2n) is 5.72. The van der Waals surface area contributed by atoms with Crippen molar-refractivity contribution in [3.63, 3.8) is 0 Å². The van der Waals surface area contributed by atoms with Crippen molar-refractivity contribution < 1.29 is 9.59 Å². The molecule has 3 N–H and O–H groups in total. The van der Waals surface area contributed by atoms with Crippen molar-refractivity contribution in [1.29, 1.82) is 0 Å². The molecule has 0 aliphatic rings. The van der Waals surface area contributed by atoms with Gasteiger partial charge in [0.05, 0.1) is 17.5 Å². The minimum absolute atomic E-state index is 0.184. The number of anilines is 1. The Hall–Kier alpha value is -3.15. The highest BCUT2D eigenvalue weighted by atomic mass is 16.2. The molecule has 0 fully saturated rings. The lowest BCUT2D eigenvalue weighted by Crippen LogP contribution is -2.14. The number of carbonyl (C=O) groups excluding carboxylic acids is 2. The molecule has 6 nitrogen and oxygen atoms in total. The molecule has 24 heavy (non-hydrogen) atoms. The number of amides is 2. The van der Waals surface area contributed by atoms with Crippen LogP contribution in [0.2, 0.25) is 0 Å². The van der Waals surface area contributed by atoms with Gasteiger partial charge in [0.15, 0.2) is 0 Å². The summed E-state index contributed by atoms with van der Waals surface area (Å²) in [7, 11) is 1.94. The van der Waals surface area contributed by atoms with Crippen LogP contribution in [0.1, 0.15) is 21.7 Å². The topological polar surface area (TPSA) is 90.0 Å². The van der Waals surface area contributed by atoms with Gasteiger partial charge in [-0.1, -0.05) is 12.1 Å². The zero-order valence-corrected chi connectivity index (χ0v) is 13.5. The van der Waals surface area contributed by atoms with Crippen molar-refractivity contribution in [3.05, 3.63) is 59.4 Å². The monoisotopic (exact) mass is 322 g/mol. The Bertz CT molecular complexity index is 926. The molecule has 0 aliphatic carbocycles. The summed E-state index contributed by atoms with van der Waals surface area (Å²) in [5, 5.41) is 2.84. The number of hydrogen-bond acceptors (Lipinski definition) is 3. The largest absolute Gasteiger partial charge is 0.369 e. The summed E-state index contributed by atoms with van der Waals surface area (Å²) in [4.78, 5) is 27.7. The fourth-order valence-corrected chi connectivity index (χ4v) is 2.57. The van der Waals surface area contributed by atoms with Gasteiger partial charge in [0.1, 0.15) is 5.82 Å². The maximum absolute atomic E-state index is 12.4. The van der Waals surface area contributed by atoms with Crippen LogP contribution in [0.4, 0.5) is 5.69 Å². The van der Waals surface area contributed by atoms with E-state index in [0.29, 0.717) is 11.3 Å². The molecule has 3 rings (SSSR count). The predicted octanol–water partition coefficient (Wildman–Crippen LogP) is 2.16. The van der Waals surface area contributed by atoms with Crippen LogP contribution in [0.25, 0.3) is 11.0 Å². The maximum atomic E-state index is 12.4. The number of benzene rings is 2. The lowest BCUT2D eigenvalue weighted by Gasteiger charge is -2.06. The third-order valence-electron chi connectivity index (χ3n) is 3.96. The molecule has 6 heteroatoms. The number of rotatable bonds is 4. The Kier molecular flexibility index (Phi) is 4.04. The summed E-state index contributed by atoms with van der Waals surface area (Å²) in [6.45, 7) is 1.92. The number of aromatic nitrogens is 2. The zero-order chi connectivity index (χ0) is 17.3. The summed E-state index contributed by atoms with van der Waals surface area (Å²) in [6, 6.07) is 12.5. The third kappa shape index (κ3) is 3.12. The minimum Gasteiger partial charge on any atom is -0.369 e. The number of imidazole rings is 1. The van der Waals surface area contributed by atoms with E-state index in [4.69, 9.17) is 5.73 Å². The molecule has 3 aromatic rings. The first kappa shape index (κ1) is 15.7. The molecule has 122 valence electrons. The van der Waals surface area contributed by atoms with E-state index in [1.54, 1.807) is 36.4 Å². The molecule has 2 amide bonds. The van der Waals surface area contributed by atoms with E-state index in [9.17, 15) is 9.59 Å².